The predicted molar refractivity (Wildman–Crippen MR) is 109 cm³/mol. The van der Waals surface area contributed by atoms with Crippen LogP contribution in [0, 0.1) is 0 Å². The molecule has 29 heavy (non-hydrogen) atoms. The average molecular weight is 391 g/mol. The number of pyridine rings is 1. The quantitative estimate of drug-likeness (QED) is 0.572. The van der Waals surface area contributed by atoms with Crippen LogP contribution in [0.15, 0.2) is 48.0 Å². The maximum atomic E-state index is 13.4. The Kier molecular flexibility index (Phi) is 4.17. The highest BCUT2D eigenvalue weighted by Gasteiger charge is 2.25. The van der Waals surface area contributed by atoms with Gasteiger partial charge in [-0.25, -0.2) is 4.98 Å². The molecule has 0 unspecified atom stereocenters. The van der Waals surface area contributed by atoms with Gasteiger partial charge in [-0.05, 0) is 13.0 Å². The van der Waals surface area contributed by atoms with Crippen molar-refractivity contribution in [2.24, 2.45) is 7.05 Å². The molecule has 0 aromatic carbocycles. The summed E-state index contributed by atoms with van der Waals surface area (Å²) in [5.41, 5.74) is 2.98. The average Bonchev–Trinajstić information content (AvgIpc) is 3.37. The second kappa shape index (κ2) is 6.85. The molecule has 0 saturated carbocycles. The molecule has 1 aliphatic rings. The summed E-state index contributed by atoms with van der Waals surface area (Å²) in [6.07, 6.45) is 10.7. The Morgan fingerprint density at radius 2 is 2.14 bits per heavy atom. The van der Waals surface area contributed by atoms with Crippen molar-refractivity contribution in [2.45, 2.75) is 13.0 Å². The maximum absolute atomic E-state index is 13.4. The second-order valence-electron chi connectivity index (χ2n) is 7.24. The molecule has 1 fully saturated rings. The highest BCUT2D eigenvalue weighted by molar-refractivity contribution is 5.93. The van der Waals surface area contributed by atoms with Crippen LogP contribution in [-0.2, 0) is 11.8 Å². The van der Waals surface area contributed by atoms with Crippen LogP contribution >= 0.6 is 0 Å². The monoisotopic (exact) mass is 391 g/mol. The van der Waals surface area contributed by atoms with Crippen molar-refractivity contribution < 1.29 is 4.74 Å². The van der Waals surface area contributed by atoms with E-state index in [1.807, 2.05) is 37.3 Å². The molecule has 1 aliphatic heterocycles. The first-order valence-electron chi connectivity index (χ1n) is 9.50. The smallest absolute Gasteiger partial charge is 0.298 e. The van der Waals surface area contributed by atoms with Crippen LogP contribution in [0.25, 0.3) is 27.8 Å². The highest BCUT2D eigenvalue weighted by atomic mass is 16.5. The summed E-state index contributed by atoms with van der Waals surface area (Å²) in [5.74, 6) is 0.412. The number of rotatable bonds is 3. The van der Waals surface area contributed by atoms with Crippen molar-refractivity contribution in [3.63, 3.8) is 0 Å². The first-order valence-corrected chi connectivity index (χ1v) is 9.50. The first kappa shape index (κ1) is 17.6. The SMILES string of the molecule is C[C@@H]1COCCN1c1nc(-c2cncc3[nH]ccc23)cn(-c2cnn(C)c2)c1=O. The second-order valence-corrected chi connectivity index (χ2v) is 7.24. The van der Waals surface area contributed by atoms with Gasteiger partial charge < -0.3 is 14.6 Å². The van der Waals surface area contributed by atoms with Gasteiger partial charge in [0, 0.05) is 49.3 Å². The van der Waals surface area contributed by atoms with Crippen molar-refractivity contribution >= 4 is 16.7 Å². The van der Waals surface area contributed by atoms with Gasteiger partial charge in [0.2, 0.25) is 0 Å². The van der Waals surface area contributed by atoms with Crippen LogP contribution < -0.4 is 10.5 Å². The van der Waals surface area contributed by atoms with Crippen LogP contribution in [0.2, 0.25) is 0 Å². The third kappa shape index (κ3) is 2.99. The van der Waals surface area contributed by atoms with Crippen molar-refractivity contribution in [3.8, 4) is 16.9 Å². The molecule has 4 aromatic rings. The number of aromatic amines is 1. The summed E-state index contributed by atoms with van der Waals surface area (Å²) in [7, 11) is 1.83. The first-order chi connectivity index (χ1) is 14.1. The van der Waals surface area contributed by atoms with Gasteiger partial charge in [-0.2, -0.15) is 5.10 Å². The van der Waals surface area contributed by atoms with Crippen molar-refractivity contribution in [3.05, 3.63) is 53.6 Å². The fourth-order valence-corrected chi connectivity index (χ4v) is 3.75. The Labute approximate surface area is 166 Å². The molecule has 9 heteroatoms. The zero-order valence-electron chi connectivity index (χ0n) is 16.2. The van der Waals surface area contributed by atoms with E-state index in [1.165, 1.54) is 0 Å². The van der Waals surface area contributed by atoms with Crippen LogP contribution in [0.5, 0.6) is 0 Å². The molecule has 5 rings (SSSR count). The minimum Gasteiger partial charge on any atom is -0.377 e. The van der Waals surface area contributed by atoms with Gasteiger partial charge in [0.15, 0.2) is 5.82 Å². The molecule has 0 aliphatic carbocycles. The molecular formula is C20H21N7O2. The maximum Gasteiger partial charge on any atom is 0.298 e. The molecule has 9 nitrogen and oxygen atoms in total. The minimum absolute atomic E-state index is 0.0581. The minimum atomic E-state index is -0.176. The van der Waals surface area contributed by atoms with Gasteiger partial charge in [-0.15, -0.1) is 0 Å². The number of ether oxygens (including phenoxy) is 1. The number of nitrogens with zero attached hydrogens (tertiary/aromatic N) is 6. The molecule has 148 valence electrons. The zero-order chi connectivity index (χ0) is 20.0. The topological polar surface area (TPSA) is 93.9 Å². The number of morpholine rings is 1. The van der Waals surface area contributed by atoms with Gasteiger partial charge >= 0.3 is 0 Å². The molecule has 1 N–H and O–H groups in total. The van der Waals surface area contributed by atoms with Gasteiger partial charge in [0.05, 0.1) is 48.5 Å². The van der Waals surface area contributed by atoms with E-state index in [-0.39, 0.29) is 11.6 Å². The van der Waals surface area contributed by atoms with Crippen LogP contribution in [0.1, 0.15) is 6.92 Å². The van der Waals surface area contributed by atoms with E-state index in [0.717, 1.165) is 16.5 Å². The molecule has 0 radical (unpaired) electrons. The summed E-state index contributed by atoms with van der Waals surface area (Å²) in [5, 5.41) is 5.23. The van der Waals surface area contributed by atoms with E-state index in [2.05, 4.69) is 15.1 Å². The number of H-pyrrole nitrogens is 1. The Morgan fingerprint density at radius 3 is 2.93 bits per heavy atom. The summed E-state index contributed by atoms with van der Waals surface area (Å²) < 4.78 is 8.83. The van der Waals surface area contributed by atoms with Crippen molar-refractivity contribution in [1.29, 1.82) is 0 Å². The number of aryl methyl sites for hydroxylation is 1. The number of aromatic nitrogens is 6. The highest BCUT2D eigenvalue weighted by Crippen LogP contribution is 2.27. The Hall–Kier alpha value is -3.46. The van der Waals surface area contributed by atoms with Gasteiger partial charge in [-0.3, -0.25) is 19.0 Å². The van der Waals surface area contributed by atoms with E-state index in [1.54, 1.807) is 34.0 Å². The normalized spacial score (nSPS) is 17.2. The molecule has 0 amide bonds. The summed E-state index contributed by atoms with van der Waals surface area (Å²) in [6, 6.07) is 2.05. The predicted octanol–water partition coefficient (Wildman–Crippen LogP) is 1.73. The third-order valence-corrected chi connectivity index (χ3v) is 5.25. The Bertz CT molecular complexity index is 1240. The van der Waals surface area contributed by atoms with E-state index in [9.17, 15) is 4.79 Å². The lowest BCUT2D eigenvalue weighted by atomic mass is 10.1. The molecule has 4 aromatic heterocycles. The van der Waals surface area contributed by atoms with E-state index >= 15 is 0 Å². The van der Waals surface area contributed by atoms with E-state index < -0.39 is 0 Å². The summed E-state index contributed by atoms with van der Waals surface area (Å²) in [4.78, 5) is 27.7. The largest absolute Gasteiger partial charge is 0.377 e. The van der Waals surface area contributed by atoms with Crippen LogP contribution in [0.3, 0.4) is 0 Å². The lowest BCUT2D eigenvalue weighted by Crippen LogP contribution is -2.47. The van der Waals surface area contributed by atoms with Gasteiger partial charge in [0.1, 0.15) is 0 Å². The van der Waals surface area contributed by atoms with Crippen molar-refractivity contribution in [1.82, 2.24) is 29.3 Å². The molecule has 1 atom stereocenters. The number of fused-ring (bicyclic) bond motifs is 1. The lowest BCUT2D eigenvalue weighted by molar-refractivity contribution is 0.0983. The standard InChI is InChI=1S/C20H21N7O2/c1-13-12-29-6-5-26(13)19-20(28)27(14-7-23-25(2)10-14)11-18(24-19)16-8-21-9-17-15(16)3-4-22-17/h3-4,7-11,13,22H,5-6,12H2,1-2H3/t13-/m1/s1. The summed E-state index contributed by atoms with van der Waals surface area (Å²) >= 11 is 0. The molecular weight excluding hydrogens is 370 g/mol. The van der Waals surface area contributed by atoms with Crippen molar-refractivity contribution in [2.75, 3.05) is 24.7 Å². The molecule has 5 heterocycles. The zero-order valence-corrected chi connectivity index (χ0v) is 16.2. The Morgan fingerprint density at radius 1 is 1.24 bits per heavy atom. The third-order valence-electron chi connectivity index (χ3n) is 5.25. The van der Waals surface area contributed by atoms with Gasteiger partial charge in [-0.1, -0.05) is 0 Å². The molecule has 1 saturated heterocycles. The molecule has 0 spiro atoms. The van der Waals surface area contributed by atoms with Gasteiger partial charge in [0.25, 0.3) is 5.56 Å². The summed E-state index contributed by atoms with van der Waals surface area (Å²) in [6.45, 7) is 3.78. The molecule has 0 bridgehead atoms. The number of nitrogens with one attached hydrogen (secondary N) is 1. The number of hydrogen-bond donors (Lipinski definition) is 1. The van der Waals surface area contributed by atoms with Crippen LogP contribution in [0.4, 0.5) is 5.82 Å². The number of anilines is 1. The Balaban J connectivity index is 1.76. The fourth-order valence-electron chi connectivity index (χ4n) is 3.75. The van der Waals surface area contributed by atoms with E-state index in [4.69, 9.17) is 9.72 Å². The van der Waals surface area contributed by atoms with Crippen LogP contribution in [-0.4, -0.2) is 55.1 Å². The number of hydrogen-bond acceptors (Lipinski definition) is 6. The lowest BCUT2D eigenvalue weighted by Gasteiger charge is -2.34. The van der Waals surface area contributed by atoms with E-state index in [0.29, 0.717) is 37.0 Å². The fraction of sp³-hybridized carbons (Fsp3) is 0.300.